The molecule has 0 saturated heterocycles. The molecule has 102 valence electrons. The lowest BCUT2D eigenvalue weighted by molar-refractivity contribution is 0.413. The van der Waals surface area contributed by atoms with E-state index in [1.54, 1.807) is 0 Å². The molecule has 0 aromatic heterocycles. The molecule has 3 N–H and O–H groups in total. The van der Waals surface area contributed by atoms with Gasteiger partial charge in [-0.1, -0.05) is 44.9 Å². The van der Waals surface area contributed by atoms with Crippen LogP contribution in [0.3, 0.4) is 0 Å². The van der Waals surface area contributed by atoms with Gasteiger partial charge in [-0.3, -0.25) is 0 Å². The second-order valence-corrected chi connectivity index (χ2v) is 5.17. The molecule has 1 aromatic carbocycles. The summed E-state index contributed by atoms with van der Waals surface area (Å²) >= 11 is 0. The molecular formula is C16H28N2. The fraction of sp³-hybridized carbons (Fsp3) is 0.625. The van der Waals surface area contributed by atoms with E-state index in [0.29, 0.717) is 6.54 Å². The van der Waals surface area contributed by atoms with E-state index in [1.807, 2.05) is 0 Å². The Morgan fingerprint density at radius 3 is 2.39 bits per heavy atom. The second kappa shape index (κ2) is 7.55. The van der Waals surface area contributed by atoms with Crippen LogP contribution in [0.25, 0.3) is 0 Å². The predicted molar refractivity (Wildman–Crippen MR) is 79.8 cm³/mol. The van der Waals surface area contributed by atoms with E-state index in [-0.39, 0.29) is 6.04 Å². The maximum absolute atomic E-state index is 5.93. The van der Waals surface area contributed by atoms with E-state index in [0.717, 1.165) is 12.5 Å². The van der Waals surface area contributed by atoms with Crippen LogP contribution >= 0.6 is 0 Å². The van der Waals surface area contributed by atoms with Crippen molar-refractivity contribution in [3.8, 4) is 0 Å². The fourth-order valence-electron chi connectivity index (χ4n) is 2.36. The van der Waals surface area contributed by atoms with E-state index in [1.165, 1.54) is 29.5 Å². The smallest absolute Gasteiger partial charge is 0.0447 e. The lowest BCUT2D eigenvalue weighted by Crippen LogP contribution is -2.32. The van der Waals surface area contributed by atoms with Crippen LogP contribution in [-0.4, -0.2) is 13.1 Å². The van der Waals surface area contributed by atoms with E-state index < -0.39 is 0 Å². The molecule has 1 rings (SSSR count). The molecule has 18 heavy (non-hydrogen) atoms. The molecule has 0 fully saturated rings. The Labute approximate surface area is 112 Å². The molecule has 0 aliphatic rings. The van der Waals surface area contributed by atoms with Crippen molar-refractivity contribution in [3.05, 3.63) is 34.9 Å². The van der Waals surface area contributed by atoms with Crippen LogP contribution in [0.2, 0.25) is 0 Å². The fourth-order valence-corrected chi connectivity index (χ4v) is 2.36. The summed E-state index contributed by atoms with van der Waals surface area (Å²) in [5.41, 5.74) is 9.99. The summed E-state index contributed by atoms with van der Waals surface area (Å²) in [6, 6.07) is 6.76. The first kappa shape index (κ1) is 15.2. The number of nitrogens with one attached hydrogen (secondary N) is 1. The van der Waals surface area contributed by atoms with Gasteiger partial charge in [-0.05, 0) is 43.0 Å². The maximum atomic E-state index is 5.93. The summed E-state index contributed by atoms with van der Waals surface area (Å²) in [5.74, 6) is 0.754. The molecule has 1 unspecified atom stereocenters. The standard InChI is InChI=1S/C16H28N2/c1-5-14(6-2)11-18-16(10-17)15-9-7-8-12(3)13(15)4/h7-9,14,16,18H,5-6,10-11,17H2,1-4H3. The normalized spacial score (nSPS) is 13.0. The van der Waals surface area contributed by atoms with Gasteiger partial charge in [0.1, 0.15) is 0 Å². The van der Waals surface area contributed by atoms with E-state index in [4.69, 9.17) is 5.73 Å². The van der Waals surface area contributed by atoms with Crippen LogP contribution in [0, 0.1) is 19.8 Å². The van der Waals surface area contributed by atoms with Gasteiger partial charge in [0.2, 0.25) is 0 Å². The van der Waals surface area contributed by atoms with Gasteiger partial charge in [0, 0.05) is 12.6 Å². The van der Waals surface area contributed by atoms with Crippen molar-refractivity contribution < 1.29 is 0 Å². The third-order valence-electron chi connectivity index (χ3n) is 4.07. The average Bonchev–Trinajstić information content (AvgIpc) is 2.39. The first-order valence-electron chi connectivity index (χ1n) is 7.13. The molecule has 1 atom stereocenters. The predicted octanol–water partition coefficient (Wildman–Crippen LogP) is 3.33. The van der Waals surface area contributed by atoms with Gasteiger partial charge in [0.25, 0.3) is 0 Å². The van der Waals surface area contributed by atoms with Crippen molar-refractivity contribution in [3.63, 3.8) is 0 Å². The minimum Gasteiger partial charge on any atom is -0.329 e. The van der Waals surface area contributed by atoms with Gasteiger partial charge in [0.15, 0.2) is 0 Å². The van der Waals surface area contributed by atoms with Crippen molar-refractivity contribution in [2.24, 2.45) is 11.7 Å². The van der Waals surface area contributed by atoms with Crippen molar-refractivity contribution in [2.75, 3.05) is 13.1 Å². The van der Waals surface area contributed by atoms with E-state index in [9.17, 15) is 0 Å². The highest BCUT2D eigenvalue weighted by molar-refractivity contribution is 5.35. The third-order valence-corrected chi connectivity index (χ3v) is 4.07. The number of benzene rings is 1. The SMILES string of the molecule is CCC(CC)CNC(CN)c1cccc(C)c1C. The van der Waals surface area contributed by atoms with E-state index in [2.05, 4.69) is 51.2 Å². The Balaban J connectivity index is 2.74. The quantitative estimate of drug-likeness (QED) is 0.777. The zero-order valence-electron chi connectivity index (χ0n) is 12.3. The monoisotopic (exact) mass is 248 g/mol. The summed E-state index contributed by atoms with van der Waals surface area (Å²) in [5, 5.41) is 3.63. The summed E-state index contributed by atoms with van der Waals surface area (Å²) < 4.78 is 0. The molecule has 2 heteroatoms. The first-order chi connectivity index (χ1) is 8.63. The zero-order valence-corrected chi connectivity index (χ0v) is 12.3. The highest BCUT2D eigenvalue weighted by atomic mass is 14.9. The lowest BCUT2D eigenvalue weighted by Gasteiger charge is -2.23. The highest BCUT2D eigenvalue weighted by Gasteiger charge is 2.14. The van der Waals surface area contributed by atoms with Gasteiger partial charge < -0.3 is 11.1 Å². The molecule has 0 bridgehead atoms. The third kappa shape index (κ3) is 3.82. The molecule has 0 aliphatic heterocycles. The van der Waals surface area contributed by atoms with Crippen molar-refractivity contribution in [1.29, 1.82) is 0 Å². The molecule has 0 aliphatic carbocycles. The van der Waals surface area contributed by atoms with Crippen LogP contribution < -0.4 is 11.1 Å². The Kier molecular flexibility index (Phi) is 6.37. The largest absolute Gasteiger partial charge is 0.329 e. The van der Waals surface area contributed by atoms with Gasteiger partial charge in [0.05, 0.1) is 0 Å². The van der Waals surface area contributed by atoms with Crippen LogP contribution in [0.5, 0.6) is 0 Å². The number of aryl methyl sites for hydroxylation is 1. The Bertz CT molecular complexity index is 356. The van der Waals surface area contributed by atoms with Crippen LogP contribution in [0.1, 0.15) is 49.4 Å². The second-order valence-electron chi connectivity index (χ2n) is 5.17. The van der Waals surface area contributed by atoms with Crippen LogP contribution in [0.15, 0.2) is 18.2 Å². The lowest BCUT2D eigenvalue weighted by atomic mass is 9.96. The summed E-state index contributed by atoms with van der Waals surface area (Å²) in [6.45, 7) is 10.6. The molecule has 0 amide bonds. The van der Waals surface area contributed by atoms with Gasteiger partial charge in [-0.25, -0.2) is 0 Å². The van der Waals surface area contributed by atoms with Gasteiger partial charge in [-0.15, -0.1) is 0 Å². The van der Waals surface area contributed by atoms with Crippen molar-refractivity contribution >= 4 is 0 Å². The molecule has 0 saturated carbocycles. The minimum absolute atomic E-state index is 0.283. The highest BCUT2D eigenvalue weighted by Crippen LogP contribution is 2.20. The van der Waals surface area contributed by atoms with Gasteiger partial charge >= 0.3 is 0 Å². The Hall–Kier alpha value is -0.860. The first-order valence-corrected chi connectivity index (χ1v) is 7.13. The van der Waals surface area contributed by atoms with Crippen molar-refractivity contribution in [1.82, 2.24) is 5.32 Å². The topological polar surface area (TPSA) is 38.0 Å². The maximum Gasteiger partial charge on any atom is 0.0447 e. The zero-order chi connectivity index (χ0) is 13.5. The van der Waals surface area contributed by atoms with Gasteiger partial charge in [-0.2, -0.15) is 0 Å². The average molecular weight is 248 g/mol. The Morgan fingerprint density at radius 1 is 1.17 bits per heavy atom. The number of hydrogen-bond acceptors (Lipinski definition) is 2. The van der Waals surface area contributed by atoms with Crippen LogP contribution in [-0.2, 0) is 0 Å². The summed E-state index contributed by atoms with van der Waals surface area (Å²) in [7, 11) is 0. The minimum atomic E-state index is 0.283. The van der Waals surface area contributed by atoms with E-state index >= 15 is 0 Å². The summed E-state index contributed by atoms with van der Waals surface area (Å²) in [4.78, 5) is 0. The molecule has 0 heterocycles. The molecule has 0 radical (unpaired) electrons. The summed E-state index contributed by atoms with van der Waals surface area (Å²) in [6.07, 6.45) is 2.46. The molecular weight excluding hydrogens is 220 g/mol. The Morgan fingerprint density at radius 2 is 1.83 bits per heavy atom. The molecule has 2 nitrogen and oxygen atoms in total. The molecule has 0 spiro atoms. The van der Waals surface area contributed by atoms with Crippen LogP contribution in [0.4, 0.5) is 0 Å². The number of hydrogen-bond donors (Lipinski definition) is 2. The number of nitrogens with two attached hydrogens (primary N) is 1. The van der Waals surface area contributed by atoms with Crippen molar-refractivity contribution in [2.45, 2.75) is 46.6 Å². The molecule has 1 aromatic rings. The number of rotatable bonds is 7.